The van der Waals surface area contributed by atoms with Gasteiger partial charge in [-0.25, -0.2) is 4.79 Å². The van der Waals surface area contributed by atoms with Gasteiger partial charge in [0.25, 0.3) is 0 Å². The first-order valence-electron chi connectivity index (χ1n) is 9.80. The van der Waals surface area contributed by atoms with Crippen LogP contribution >= 0.6 is 0 Å². The van der Waals surface area contributed by atoms with E-state index in [4.69, 9.17) is 9.84 Å². The van der Waals surface area contributed by atoms with E-state index >= 15 is 0 Å². The topological polar surface area (TPSA) is 65.9 Å². The summed E-state index contributed by atoms with van der Waals surface area (Å²) in [5.74, 6) is -0.338. The zero-order chi connectivity index (χ0) is 20.1. The molecule has 1 aromatic heterocycles. The first-order chi connectivity index (χ1) is 13.4. The zero-order valence-corrected chi connectivity index (χ0v) is 16.8. The minimum absolute atomic E-state index is 0.337. The van der Waals surface area contributed by atoms with Gasteiger partial charge in [0.15, 0.2) is 6.61 Å². The van der Waals surface area contributed by atoms with Gasteiger partial charge in [0.05, 0.1) is 0 Å². The Hall–Kier alpha value is -2.44. The average Bonchev–Trinajstić information content (AvgIpc) is 2.67. The number of carbonyl (C=O) groups is 1. The van der Waals surface area contributed by atoms with Crippen LogP contribution in [0.4, 0.5) is 0 Å². The molecule has 2 aromatic rings. The summed E-state index contributed by atoms with van der Waals surface area (Å²) in [5.41, 5.74) is 3.10. The van der Waals surface area contributed by atoms with Gasteiger partial charge in [-0.1, -0.05) is 12.1 Å². The molecule has 1 N–H and O–H groups in total. The lowest BCUT2D eigenvalue weighted by molar-refractivity contribution is -0.139. The summed E-state index contributed by atoms with van der Waals surface area (Å²) >= 11 is 0. The van der Waals surface area contributed by atoms with Crippen LogP contribution in [0.2, 0.25) is 0 Å². The number of hydrogen-bond donors (Lipinski definition) is 1. The van der Waals surface area contributed by atoms with Crippen molar-refractivity contribution in [3.63, 3.8) is 0 Å². The highest BCUT2D eigenvalue weighted by molar-refractivity contribution is 5.69. The summed E-state index contributed by atoms with van der Waals surface area (Å²) in [4.78, 5) is 20.1. The molecule has 1 saturated heterocycles. The normalized spacial score (nSPS) is 18.4. The number of hydrogen-bond acceptors (Lipinski definition) is 5. The second-order valence-corrected chi connectivity index (χ2v) is 7.66. The summed E-state index contributed by atoms with van der Waals surface area (Å²) in [7, 11) is 0. The molecule has 1 atom stereocenters. The molecule has 0 radical (unpaired) electrons. The number of rotatable bonds is 7. The number of pyridine rings is 1. The summed E-state index contributed by atoms with van der Waals surface area (Å²) in [5, 5.41) is 8.99. The van der Waals surface area contributed by atoms with Crippen molar-refractivity contribution in [2.24, 2.45) is 0 Å². The highest BCUT2D eigenvalue weighted by atomic mass is 16.5. The number of benzene rings is 1. The molecular weight excluding hydrogens is 354 g/mol. The molecule has 0 bridgehead atoms. The summed E-state index contributed by atoms with van der Waals surface area (Å²) in [6, 6.07) is 10.9. The fraction of sp³-hybridized carbons (Fsp3) is 0.455. The quantitative estimate of drug-likeness (QED) is 0.792. The Bertz CT molecular complexity index is 795. The molecule has 1 aliphatic heterocycles. The summed E-state index contributed by atoms with van der Waals surface area (Å²) in [6.45, 7) is 10.1. The van der Waals surface area contributed by atoms with Gasteiger partial charge in [-0.2, -0.15) is 0 Å². The maximum absolute atomic E-state index is 11.0. The second kappa shape index (κ2) is 9.17. The number of carboxylic acids is 1. The highest BCUT2D eigenvalue weighted by Gasteiger charge is 2.26. The van der Waals surface area contributed by atoms with Crippen LogP contribution in [0, 0.1) is 0 Å². The van der Waals surface area contributed by atoms with Gasteiger partial charge in [0, 0.05) is 61.8 Å². The molecule has 1 aliphatic rings. The number of nitrogens with zero attached hydrogens (tertiary/aromatic N) is 3. The summed E-state index contributed by atoms with van der Waals surface area (Å²) < 4.78 is 5.56. The van der Waals surface area contributed by atoms with Gasteiger partial charge < -0.3 is 9.84 Å². The Kier molecular flexibility index (Phi) is 6.65. The third-order valence-electron chi connectivity index (χ3n) is 5.23. The van der Waals surface area contributed by atoms with Gasteiger partial charge >= 0.3 is 5.97 Å². The molecule has 0 saturated carbocycles. The van der Waals surface area contributed by atoms with Crippen molar-refractivity contribution < 1.29 is 14.6 Å². The van der Waals surface area contributed by atoms with E-state index in [0.29, 0.717) is 17.8 Å². The Morgan fingerprint density at radius 2 is 2.11 bits per heavy atom. The molecule has 1 unspecified atom stereocenters. The fourth-order valence-electron chi connectivity index (χ4n) is 3.90. The molecule has 6 heteroatoms. The summed E-state index contributed by atoms with van der Waals surface area (Å²) in [6.07, 6.45) is 3.59. The van der Waals surface area contributed by atoms with Gasteiger partial charge in [-0.3, -0.25) is 14.8 Å². The van der Waals surface area contributed by atoms with E-state index in [9.17, 15) is 4.79 Å². The van der Waals surface area contributed by atoms with Gasteiger partial charge in [0.1, 0.15) is 5.75 Å². The van der Waals surface area contributed by atoms with Gasteiger partial charge in [-0.05, 0) is 44.5 Å². The van der Waals surface area contributed by atoms with Crippen LogP contribution < -0.4 is 4.74 Å². The van der Waals surface area contributed by atoms with Crippen LogP contribution in [0.3, 0.4) is 0 Å². The number of aromatic nitrogens is 1. The lowest BCUT2D eigenvalue weighted by Gasteiger charge is -2.42. The van der Waals surface area contributed by atoms with Crippen molar-refractivity contribution in [2.45, 2.75) is 39.4 Å². The molecule has 28 heavy (non-hydrogen) atoms. The number of piperazine rings is 1. The van der Waals surface area contributed by atoms with E-state index in [1.165, 1.54) is 0 Å². The molecule has 0 amide bonds. The molecule has 0 spiro atoms. The van der Waals surface area contributed by atoms with E-state index < -0.39 is 5.97 Å². The van der Waals surface area contributed by atoms with E-state index in [2.05, 4.69) is 41.6 Å². The molecule has 0 aliphatic carbocycles. The van der Waals surface area contributed by atoms with E-state index in [0.717, 1.165) is 42.9 Å². The van der Waals surface area contributed by atoms with Crippen molar-refractivity contribution in [3.8, 4) is 16.9 Å². The maximum Gasteiger partial charge on any atom is 0.341 e. The predicted octanol–water partition coefficient (Wildman–Crippen LogP) is 3.13. The Morgan fingerprint density at radius 1 is 1.29 bits per heavy atom. The second-order valence-electron chi connectivity index (χ2n) is 7.66. The Morgan fingerprint density at radius 3 is 2.75 bits per heavy atom. The standard InChI is InChI=1S/C22H29N3O3/c1-16(2)25-10-9-24(13-17(25)3)14-20-11-18(19-5-4-8-23-12-19)6-7-21(20)28-15-22(26)27/h4-8,11-12,16-17H,9-10,13-15H2,1-3H3,(H,26,27). The highest BCUT2D eigenvalue weighted by Crippen LogP contribution is 2.28. The minimum atomic E-state index is -0.971. The lowest BCUT2D eigenvalue weighted by atomic mass is 10.0. The van der Waals surface area contributed by atoms with Crippen LogP contribution in [-0.2, 0) is 11.3 Å². The molecule has 2 heterocycles. The number of aliphatic carboxylic acids is 1. The first kappa shape index (κ1) is 20.3. The minimum Gasteiger partial charge on any atom is -0.482 e. The first-order valence-corrected chi connectivity index (χ1v) is 9.80. The predicted molar refractivity (Wildman–Crippen MR) is 109 cm³/mol. The number of ether oxygens (including phenoxy) is 1. The van der Waals surface area contributed by atoms with Crippen molar-refractivity contribution in [1.82, 2.24) is 14.8 Å². The fourth-order valence-corrected chi connectivity index (χ4v) is 3.90. The van der Waals surface area contributed by atoms with Crippen molar-refractivity contribution in [3.05, 3.63) is 48.3 Å². The maximum atomic E-state index is 11.0. The molecule has 6 nitrogen and oxygen atoms in total. The van der Waals surface area contributed by atoms with Crippen LogP contribution in [0.15, 0.2) is 42.7 Å². The molecule has 1 aromatic carbocycles. The van der Waals surface area contributed by atoms with Crippen LogP contribution in [0.5, 0.6) is 5.75 Å². The number of carboxylic acid groups (broad SMARTS) is 1. The van der Waals surface area contributed by atoms with Gasteiger partial charge in [-0.15, -0.1) is 0 Å². The van der Waals surface area contributed by atoms with E-state index in [-0.39, 0.29) is 6.61 Å². The molecule has 3 rings (SSSR count). The van der Waals surface area contributed by atoms with Crippen LogP contribution in [-0.4, -0.2) is 64.2 Å². The smallest absolute Gasteiger partial charge is 0.341 e. The molecule has 1 fully saturated rings. The Balaban J connectivity index is 1.81. The zero-order valence-electron chi connectivity index (χ0n) is 16.8. The monoisotopic (exact) mass is 383 g/mol. The third kappa shape index (κ3) is 5.09. The largest absolute Gasteiger partial charge is 0.482 e. The SMILES string of the molecule is CC(C)N1CCN(Cc2cc(-c3cccnc3)ccc2OCC(=O)O)CC1C. The van der Waals surface area contributed by atoms with Crippen LogP contribution in [0.1, 0.15) is 26.3 Å². The Labute approximate surface area is 166 Å². The van der Waals surface area contributed by atoms with Crippen molar-refractivity contribution in [1.29, 1.82) is 0 Å². The van der Waals surface area contributed by atoms with Crippen molar-refractivity contribution >= 4 is 5.97 Å². The van der Waals surface area contributed by atoms with Gasteiger partial charge in [0.2, 0.25) is 0 Å². The lowest BCUT2D eigenvalue weighted by Crippen LogP contribution is -2.53. The van der Waals surface area contributed by atoms with E-state index in [1.54, 1.807) is 6.20 Å². The van der Waals surface area contributed by atoms with Crippen LogP contribution in [0.25, 0.3) is 11.1 Å². The van der Waals surface area contributed by atoms with Crippen molar-refractivity contribution in [2.75, 3.05) is 26.2 Å². The molecular formula is C22H29N3O3. The average molecular weight is 383 g/mol. The third-order valence-corrected chi connectivity index (χ3v) is 5.23. The molecule has 150 valence electrons. The van der Waals surface area contributed by atoms with E-state index in [1.807, 2.05) is 30.5 Å².